The lowest BCUT2D eigenvalue weighted by Gasteiger charge is -2.39. The highest BCUT2D eigenvalue weighted by atomic mass is 35.5. The van der Waals surface area contributed by atoms with Gasteiger partial charge in [-0.2, -0.15) is 26.3 Å². The van der Waals surface area contributed by atoms with Crippen LogP contribution in [0.3, 0.4) is 0 Å². The fraction of sp³-hybridized carbons (Fsp3) is 0.600. The van der Waals surface area contributed by atoms with E-state index in [1.54, 1.807) is 0 Å². The molecule has 0 bridgehead atoms. The SMILES string of the molecule is COc1cc([C@H]2CCCN(C[C@H](O[C@@H](CN3CCC[C@H](c4ccc(F)c(OC)c4)C3)C(F)(F)F)C(F)(F)F)C2)ccc1F.Cl. The number of piperidine rings is 2. The van der Waals surface area contributed by atoms with Crippen LogP contribution in [0.1, 0.15) is 48.6 Å². The van der Waals surface area contributed by atoms with Crippen molar-refractivity contribution in [2.45, 2.75) is 62.1 Å². The van der Waals surface area contributed by atoms with Gasteiger partial charge in [0.15, 0.2) is 35.3 Å². The number of ether oxygens (including phenoxy) is 3. The number of nitrogens with zero attached hydrogens (tertiary/aromatic N) is 2. The van der Waals surface area contributed by atoms with E-state index in [4.69, 9.17) is 14.2 Å². The number of hydrogen-bond acceptors (Lipinski definition) is 5. The molecule has 2 aliphatic rings. The number of rotatable bonds is 10. The van der Waals surface area contributed by atoms with Gasteiger partial charge in [-0.1, -0.05) is 12.1 Å². The van der Waals surface area contributed by atoms with Gasteiger partial charge in [-0.05, 0) is 86.0 Å². The first kappa shape index (κ1) is 36.1. The lowest BCUT2D eigenvalue weighted by molar-refractivity contribution is -0.290. The number of benzene rings is 2. The molecule has 0 aliphatic carbocycles. The van der Waals surface area contributed by atoms with Crippen LogP contribution < -0.4 is 9.47 Å². The molecule has 2 aromatic rings. The van der Waals surface area contributed by atoms with Crippen molar-refractivity contribution in [2.75, 3.05) is 53.5 Å². The zero-order valence-electron chi connectivity index (χ0n) is 24.4. The van der Waals surface area contributed by atoms with E-state index < -0.39 is 49.3 Å². The second kappa shape index (κ2) is 15.3. The molecular formula is C30H37ClF8N2O3. The lowest BCUT2D eigenvalue weighted by Crippen LogP contribution is -2.52. The van der Waals surface area contributed by atoms with E-state index >= 15 is 0 Å². The number of likely N-dealkylation sites (tertiary alicyclic amines) is 2. The highest BCUT2D eigenvalue weighted by Crippen LogP contribution is 2.36. The minimum atomic E-state index is -5.04. The maximum absolute atomic E-state index is 14.1. The zero-order chi connectivity index (χ0) is 31.4. The molecule has 44 heavy (non-hydrogen) atoms. The highest BCUT2D eigenvalue weighted by molar-refractivity contribution is 5.85. The second-order valence-corrected chi connectivity index (χ2v) is 11.2. The molecule has 248 valence electrons. The Labute approximate surface area is 257 Å². The van der Waals surface area contributed by atoms with Gasteiger partial charge in [0.2, 0.25) is 0 Å². The first-order chi connectivity index (χ1) is 20.3. The summed E-state index contributed by atoms with van der Waals surface area (Å²) in [6.45, 7) is -0.703. The Morgan fingerprint density at radius 2 is 1.09 bits per heavy atom. The van der Waals surface area contributed by atoms with E-state index in [9.17, 15) is 35.1 Å². The van der Waals surface area contributed by atoms with Crippen molar-refractivity contribution in [1.29, 1.82) is 0 Å². The van der Waals surface area contributed by atoms with Crippen molar-refractivity contribution < 1.29 is 49.3 Å². The van der Waals surface area contributed by atoms with Crippen molar-refractivity contribution in [1.82, 2.24) is 9.80 Å². The Balaban J connectivity index is 0.00000529. The van der Waals surface area contributed by atoms with Gasteiger partial charge in [0.1, 0.15) is 0 Å². The smallest absolute Gasteiger partial charge is 0.415 e. The molecule has 2 aromatic carbocycles. The van der Waals surface area contributed by atoms with Gasteiger partial charge in [0.05, 0.1) is 14.2 Å². The standard InChI is InChI=1S/C30H36F8N2O3.ClH/c1-41-25-13-19(7-9-23(25)31)21-5-3-11-39(15-21)17-27(29(33,34)35)43-28(30(36,37)38)18-40-12-4-6-22(16-40)20-8-10-24(32)26(14-20)42-2;/h7-10,13-14,21-22,27-28H,3-6,11-12,15-18H2,1-2H3;1H/t21-,22-,27-,28-;/m0./s1. The van der Waals surface area contributed by atoms with Crippen LogP contribution in [0.5, 0.6) is 11.5 Å². The van der Waals surface area contributed by atoms with Crippen molar-refractivity contribution >= 4 is 12.4 Å². The van der Waals surface area contributed by atoms with E-state index in [1.165, 1.54) is 60.4 Å². The summed E-state index contributed by atoms with van der Waals surface area (Å²) in [5.41, 5.74) is 1.36. The van der Waals surface area contributed by atoms with Crippen LogP contribution in [0.15, 0.2) is 36.4 Å². The van der Waals surface area contributed by atoms with E-state index in [2.05, 4.69) is 0 Å². The summed E-state index contributed by atoms with van der Waals surface area (Å²) in [5.74, 6) is -1.60. The Hall–Kier alpha value is -2.35. The number of hydrogen-bond donors (Lipinski definition) is 0. The molecule has 2 aliphatic heterocycles. The molecule has 4 atom stereocenters. The van der Waals surface area contributed by atoms with Crippen LogP contribution in [0, 0.1) is 11.6 Å². The Kier molecular flexibility index (Phi) is 12.6. The predicted octanol–water partition coefficient (Wildman–Crippen LogP) is 7.34. The lowest BCUT2D eigenvalue weighted by atomic mass is 9.90. The Bertz CT molecular complexity index is 1120. The summed E-state index contributed by atoms with van der Waals surface area (Å²) in [5, 5.41) is 0. The zero-order valence-corrected chi connectivity index (χ0v) is 25.2. The van der Waals surface area contributed by atoms with Crippen LogP contribution in [0.25, 0.3) is 0 Å². The predicted molar refractivity (Wildman–Crippen MR) is 151 cm³/mol. The fourth-order valence-electron chi connectivity index (χ4n) is 5.96. The Morgan fingerprint density at radius 3 is 1.43 bits per heavy atom. The molecule has 0 aromatic heterocycles. The van der Waals surface area contributed by atoms with Gasteiger partial charge < -0.3 is 14.2 Å². The largest absolute Gasteiger partial charge is 0.494 e. The van der Waals surface area contributed by atoms with Gasteiger partial charge in [-0.3, -0.25) is 9.80 Å². The summed E-state index contributed by atoms with van der Waals surface area (Å²) >= 11 is 0. The highest BCUT2D eigenvalue weighted by Gasteiger charge is 2.50. The minimum Gasteiger partial charge on any atom is -0.494 e. The van der Waals surface area contributed by atoms with Crippen LogP contribution in [0.2, 0.25) is 0 Å². The van der Waals surface area contributed by atoms with Gasteiger partial charge in [-0.15, -0.1) is 12.4 Å². The first-order valence-corrected chi connectivity index (χ1v) is 14.2. The average molecular weight is 661 g/mol. The summed E-state index contributed by atoms with van der Waals surface area (Å²) in [7, 11) is 2.61. The molecule has 0 spiro atoms. The Morgan fingerprint density at radius 1 is 0.705 bits per heavy atom. The minimum absolute atomic E-state index is 0. The second-order valence-electron chi connectivity index (χ2n) is 11.2. The van der Waals surface area contributed by atoms with Gasteiger partial charge >= 0.3 is 12.4 Å². The molecular weight excluding hydrogens is 624 g/mol. The maximum Gasteiger partial charge on any atom is 0.415 e. The number of methoxy groups -OCH3 is 2. The summed E-state index contributed by atoms with van der Waals surface area (Å²) in [6.07, 6.45) is -13.1. The average Bonchev–Trinajstić information content (AvgIpc) is 2.96. The molecule has 0 unspecified atom stereocenters. The van der Waals surface area contributed by atoms with Gasteiger partial charge in [-0.25, -0.2) is 8.78 Å². The van der Waals surface area contributed by atoms with Crippen LogP contribution in [0.4, 0.5) is 35.1 Å². The van der Waals surface area contributed by atoms with E-state index in [1.807, 2.05) is 0 Å². The molecule has 0 N–H and O–H groups in total. The third-order valence-corrected chi connectivity index (χ3v) is 8.21. The van der Waals surface area contributed by atoms with Gasteiger partial charge in [0, 0.05) is 26.2 Å². The maximum atomic E-state index is 14.1. The molecule has 2 fully saturated rings. The van der Waals surface area contributed by atoms with Crippen molar-refractivity contribution in [3.63, 3.8) is 0 Å². The van der Waals surface area contributed by atoms with Crippen LogP contribution >= 0.6 is 12.4 Å². The van der Waals surface area contributed by atoms with Crippen molar-refractivity contribution in [2.24, 2.45) is 0 Å². The summed E-state index contributed by atoms with van der Waals surface area (Å²) in [4.78, 5) is 2.91. The van der Waals surface area contributed by atoms with E-state index in [0.29, 0.717) is 36.8 Å². The quantitative estimate of drug-likeness (QED) is 0.249. The van der Waals surface area contributed by atoms with E-state index in [0.717, 1.165) is 0 Å². The van der Waals surface area contributed by atoms with Crippen LogP contribution in [-0.2, 0) is 4.74 Å². The van der Waals surface area contributed by atoms with Gasteiger partial charge in [0.25, 0.3) is 0 Å². The first-order valence-electron chi connectivity index (χ1n) is 14.2. The molecule has 0 saturated carbocycles. The molecule has 5 nitrogen and oxygen atoms in total. The summed E-state index contributed by atoms with van der Waals surface area (Å²) in [6, 6.07) is 8.51. The monoisotopic (exact) mass is 660 g/mol. The third-order valence-electron chi connectivity index (χ3n) is 8.21. The molecule has 14 heteroatoms. The molecule has 4 rings (SSSR count). The molecule has 0 amide bonds. The van der Waals surface area contributed by atoms with Crippen molar-refractivity contribution in [3.05, 3.63) is 59.2 Å². The normalized spacial score (nSPS) is 21.8. The number of halogens is 9. The fourth-order valence-corrected chi connectivity index (χ4v) is 5.96. The molecule has 2 saturated heterocycles. The summed E-state index contributed by atoms with van der Waals surface area (Å²) < 4.78 is 127. The van der Waals surface area contributed by atoms with Crippen LogP contribution in [-0.4, -0.2) is 87.8 Å². The topological polar surface area (TPSA) is 34.2 Å². The molecule has 0 radical (unpaired) electrons. The van der Waals surface area contributed by atoms with Crippen molar-refractivity contribution in [3.8, 4) is 11.5 Å². The molecule has 2 heterocycles. The van der Waals surface area contributed by atoms with E-state index in [-0.39, 0.29) is 61.9 Å². The third kappa shape index (κ3) is 9.34. The number of alkyl halides is 6.